The molecule has 4 saturated carbocycles. The molecule has 1 aromatic heterocycles. The van der Waals surface area contributed by atoms with Crippen molar-refractivity contribution in [3.8, 4) is 0 Å². The number of carbonyl (C=O) groups excluding carboxylic acids is 1. The van der Waals surface area contributed by atoms with E-state index in [1.807, 2.05) is 0 Å². The van der Waals surface area contributed by atoms with E-state index in [2.05, 4.69) is 29.4 Å². The van der Waals surface area contributed by atoms with Gasteiger partial charge in [-0.3, -0.25) is 9.89 Å². The van der Waals surface area contributed by atoms with Gasteiger partial charge >= 0.3 is 0 Å². The number of nitrogens with zero attached hydrogens (tertiary/aromatic N) is 1. The Hall–Kier alpha value is -1.32. The molecule has 2 N–H and O–H groups in total. The molecule has 5 rings (SSSR count). The number of aromatic amines is 1. The second-order valence-corrected chi connectivity index (χ2v) is 8.83. The highest BCUT2D eigenvalue weighted by Gasteiger charge is 2.60. The first-order chi connectivity index (χ1) is 9.88. The highest BCUT2D eigenvalue weighted by atomic mass is 16.1. The zero-order chi connectivity index (χ0) is 14.7. The summed E-state index contributed by atoms with van der Waals surface area (Å²) < 4.78 is 0. The Morgan fingerprint density at radius 2 is 2.00 bits per heavy atom. The number of hydrogen-bond donors (Lipinski definition) is 2. The number of H-pyrrole nitrogens is 1. The number of nitrogens with one attached hydrogen (secondary N) is 2. The van der Waals surface area contributed by atoms with Crippen LogP contribution in [0, 0.1) is 22.2 Å². The molecule has 21 heavy (non-hydrogen) atoms. The van der Waals surface area contributed by atoms with Gasteiger partial charge in [0.25, 0.3) is 0 Å². The molecule has 4 aliphatic carbocycles. The third kappa shape index (κ3) is 2.29. The van der Waals surface area contributed by atoms with Crippen LogP contribution in [0.15, 0.2) is 12.3 Å². The van der Waals surface area contributed by atoms with Crippen molar-refractivity contribution in [2.45, 2.75) is 58.8 Å². The minimum absolute atomic E-state index is 0.147. The second kappa shape index (κ2) is 4.11. The summed E-state index contributed by atoms with van der Waals surface area (Å²) in [6, 6.07) is 1.81. The molecule has 4 aliphatic rings. The van der Waals surface area contributed by atoms with Crippen molar-refractivity contribution in [1.82, 2.24) is 10.2 Å². The van der Waals surface area contributed by atoms with Crippen LogP contribution in [0.4, 0.5) is 5.82 Å². The highest BCUT2D eigenvalue weighted by molar-refractivity contribution is 5.90. The van der Waals surface area contributed by atoms with Crippen molar-refractivity contribution in [2.24, 2.45) is 22.2 Å². The fourth-order valence-corrected chi connectivity index (χ4v) is 6.74. The monoisotopic (exact) mass is 287 g/mol. The summed E-state index contributed by atoms with van der Waals surface area (Å²) in [7, 11) is 0. The molecule has 4 nitrogen and oxygen atoms in total. The van der Waals surface area contributed by atoms with Crippen molar-refractivity contribution in [1.29, 1.82) is 0 Å². The van der Waals surface area contributed by atoms with Crippen molar-refractivity contribution in [3.63, 3.8) is 0 Å². The van der Waals surface area contributed by atoms with E-state index in [0.717, 1.165) is 5.92 Å². The molecule has 2 atom stereocenters. The quantitative estimate of drug-likeness (QED) is 0.890. The molecule has 4 heteroatoms. The zero-order valence-corrected chi connectivity index (χ0v) is 13.0. The van der Waals surface area contributed by atoms with Gasteiger partial charge in [-0.15, -0.1) is 0 Å². The summed E-state index contributed by atoms with van der Waals surface area (Å²) in [5, 5.41) is 9.66. The molecule has 1 amide bonds. The lowest BCUT2D eigenvalue weighted by Crippen LogP contribution is -2.55. The Kier molecular flexibility index (Phi) is 2.61. The van der Waals surface area contributed by atoms with Crippen LogP contribution in [-0.2, 0) is 4.79 Å². The van der Waals surface area contributed by atoms with Crippen LogP contribution in [0.3, 0.4) is 0 Å². The molecule has 2 unspecified atom stereocenters. The predicted octanol–water partition coefficient (Wildman–Crippen LogP) is 3.73. The maximum Gasteiger partial charge on any atom is 0.226 e. The first-order valence-electron chi connectivity index (χ1n) is 8.17. The Morgan fingerprint density at radius 3 is 2.57 bits per heavy atom. The second-order valence-electron chi connectivity index (χ2n) is 8.83. The van der Waals surface area contributed by atoms with Crippen LogP contribution in [0.2, 0.25) is 0 Å². The Bertz CT molecular complexity index is 547. The molecule has 0 spiro atoms. The van der Waals surface area contributed by atoms with Crippen LogP contribution in [0.1, 0.15) is 58.8 Å². The van der Waals surface area contributed by atoms with Gasteiger partial charge in [-0.1, -0.05) is 13.8 Å². The number of aromatic nitrogens is 2. The Morgan fingerprint density at radius 1 is 1.29 bits per heavy atom. The summed E-state index contributed by atoms with van der Waals surface area (Å²) in [5.41, 5.74) is 1.19. The largest absolute Gasteiger partial charge is 0.311 e. The minimum Gasteiger partial charge on any atom is -0.311 e. The maximum atomic E-state index is 12.4. The van der Waals surface area contributed by atoms with Crippen molar-refractivity contribution in [3.05, 3.63) is 12.3 Å². The van der Waals surface area contributed by atoms with Crippen molar-refractivity contribution < 1.29 is 4.79 Å². The number of anilines is 1. The van der Waals surface area contributed by atoms with E-state index >= 15 is 0 Å². The SMILES string of the molecule is CC12CC3CC(C)(C1)CC(CC(=O)Nc1ccn[nH]1)(C3)C2. The lowest BCUT2D eigenvalue weighted by Gasteiger charge is -2.65. The third-order valence-electron chi connectivity index (χ3n) is 6.05. The van der Waals surface area contributed by atoms with Gasteiger partial charge in [0.05, 0.1) is 6.20 Å². The molecule has 1 heterocycles. The van der Waals surface area contributed by atoms with Gasteiger partial charge in [-0.25, -0.2) is 0 Å². The minimum atomic E-state index is 0.147. The number of rotatable bonds is 3. The van der Waals surface area contributed by atoms with E-state index < -0.39 is 0 Å². The van der Waals surface area contributed by atoms with Gasteiger partial charge in [0.1, 0.15) is 5.82 Å². The van der Waals surface area contributed by atoms with Gasteiger partial charge < -0.3 is 5.32 Å². The highest BCUT2D eigenvalue weighted by Crippen LogP contribution is 2.70. The Labute approximate surface area is 126 Å². The van der Waals surface area contributed by atoms with Crippen LogP contribution in [0.5, 0.6) is 0 Å². The summed E-state index contributed by atoms with van der Waals surface area (Å²) >= 11 is 0. The molecule has 0 aliphatic heterocycles. The lowest BCUT2D eigenvalue weighted by atomic mass is 9.40. The average molecular weight is 287 g/mol. The van der Waals surface area contributed by atoms with Gasteiger partial charge in [0.15, 0.2) is 0 Å². The molecule has 114 valence electrons. The number of hydrogen-bond acceptors (Lipinski definition) is 2. The summed E-state index contributed by atoms with van der Waals surface area (Å²) in [6.45, 7) is 4.91. The molecular weight excluding hydrogens is 262 g/mol. The molecule has 4 fully saturated rings. The van der Waals surface area contributed by atoms with Crippen molar-refractivity contribution >= 4 is 11.7 Å². The van der Waals surface area contributed by atoms with E-state index in [1.54, 1.807) is 12.3 Å². The van der Waals surface area contributed by atoms with Gasteiger partial charge in [-0.05, 0) is 60.7 Å². The summed E-state index contributed by atoms with van der Waals surface area (Å²) in [5.74, 6) is 1.70. The fraction of sp³-hybridized carbons (Fsp3) is 0.765. The fourth-order valence-electron chi connectivity index (χ4n) is 6.74. The molecule has 0 radical (unpaired) electrons. The van der Waals surface area contributed by atoms with E-state index in [9.17, 15) is 4.79 Å². The van der Waals surface area contributed by atoms with Crippen LogP contribution < -0.4 is 5.32 Å². The van der Waals surface area contributed by atoms with Gasteiger partial charge in [0.2, 0.25) is 5.91 Å². The molecule has 0 aromatic carbocycles. The molecular formula is C17H25N3O. The van der Waals surface area contributed by atoms with Crippen molar-refractivity contribution in [2.75, 3.05) is 5.32 Å². The molecule has 4 bridgehead atoms. The average Bonchev–Trinajstić information content (AvgIpc) is 2.74. The van der Waals surface area contributed by atoms with Crippen LogP contribution >= 0.6 is 0 Å². The van der Waals surface area contributed by atoms with E-state index in [0.29, 0.717) is 23.1 Å². The Balaban J connectivity index is 1.53. The molecule has 1 aromatic rings. The smallest absolute Gasteiger partial charge is 0.226 e. The molecule has 0 saturated heterocycles. The van der Waals surface area contributed by atoms with E-state index in [4.69, 9.17) is 0 Å². The standard InChI is InChI=1S/C17H25N3O/c1-15-5-12-6-16(2,9-15)11-17(7-12,10-15)8-14(21)19-13-3-4-18-20-13/h3-4,12H,5-11H2,1-2H3,(H2,18,19,20,21). The van der Waals surface area contributed by atoms with Crippen LogP contribution in [0.25, 0.3) is 0 Å². The normalized spacial score (nSPS) is 44.0. The third-order valence-corrected chi connectivity index (χ3v) is 6.05. The first kappa shape index (κ1) is 13.4. The van der Waals surface area contributed by atoms with Crippen LogP contribution in [-0.4, -0.2) is 16.1 Å². The first-order valence-corrected chi connectivity index (χ1v) is 8.17. The van der Waals surface area contributed by atoms with Gasteiger partial charge in [-0.2, -0.15) is 5.10 Å². The number of amides is 1. The zero-order valence-electron chi connectivity index (χ0n) is 13.0. The van der Waals surface area contributed by atoms with E-state index in [-0.39, 0.29) is 11.3 Å². The summed E-state index contributed by atoms with van der Waals surface area (Å²) in [6.07, 6.45) is 10.2. The topological polar surface area (TPSA) is 57.8 Å². The summed E-state index contributed by atoms with van der Waals surface area (Å²) in [4.78, 5) is 12.4. The number of carbonyl (C=O) groups is 1. The predicted molar refractivity (Wildman–Crippen MR) is 81.7 cm³/mol. The lowest BCUT2D eigenvalue weighted by molar-refractivity contribution is -0.153. The van der Waals surface area contributed by atoms with Gasteiger partial charge in [0, 0.05) is 12.5 Å². The maximum absolute atomic E-state index is 12.4. The van der Waals surface area contributed by atoms with E-state index in [1.165, 1.54) is 38.5 Å².